The standard InChI is InChI=1S/C21H16ClN3O2/c1-12-10-13(2)25(24-12)20-18(21(26)27)16-11-15(22)8-9-17(16)23-19(20)14-6-4-3-5-7-14/h3-11H,1-2H3,(H,26,27). The van der Waals surface area contributed by atoms with E-state index in [1.165, 1.54) is 0 Å². The Hall–Kier alpha value is -3.18. The van der Waals surface area contributed by atoms with Gasteiger partial charge < -0.3 is 5.11 Å². The topological polar surface area (TPSA) is 68.0 Å². The van der Waals surface area contributed by atoms with Gasteiger partial charge in [0.2, 0.25) is 0 Å². The Balaban J connectivity index is 2.21. The molecule has 0 saturated carbocycles. The molecule has 0 aliphatic carbocycles. The van der Waals surface area contributed by atoms with Crippen molar-refractivity contribution in [3.05, 3.63) is 76.6 Å². The molecule has 1 N–H and O–H groups in total. The molecule has 0 saturated heterocycles. The van der Waals surface area contributed by atoms with Crippen molar-refractivity contribution in [1.29, 1.82) is 0 Å². The van der Waals surface area contributed by atoms with Gasteiger partial charge in [-0.05, 0) is 38.1 Å². The molecule has 0 spiro atoms. The Morgan fingerprint density at radius 3 is 2.44 bits per heavy atom. The van der Waals surface area contributed by atoms with Crippen LogP contribution in [0.15, 0.2) is 54.6 Å². The molecule has 0 unspecified atom stereocenters. The molecule has 0 radical (unpaired) electrons. The van der Waals surface area contributed by atoms with E-state index in [9.17, 15) is 9.90 Å². The Morgan fingerprint density at radius 2 is 1.81 bits per heavy atom. The fourth-order valence-corrected chi connectivity index (χ4v) is 3.47. The van der Waals surface area contributed by atoms with Crippen molar-refractivity contribution < 1.29 is 9.90 Å². The summed E-state index contributed by atoms with van der Waals surface area (Å²) in [5, 5.41) is 15.5. The molecule has 27 heavy (non-hydrogen) atoms. The lowest BCUT2D eigenvalue weighted by Gasteiger charge is -2.16. The van der Waals surface area contributed by atoms with Gasteiger partial charge in [0.05, 0.1) is 22.5 Å². The van der Waals surface area contributed by atoms with Gasteiger partial charge >= 0.3 is 5.97 Å². The third-order valence-electron chi connectivity index (χ3n) is 4.40. The van der Waals surface area contributed by atoms with Gasteiger partial charge in [0.25, 0.3) is 0 Å². The minimum Gasteiger partial charge on any atom is -0.478 e. The van der Waals surface area contributed by atoms with Crippen LogP contribution in [0.5, 0.6) is 0 Å². The number of aromatic nitrogens is 3. The second-order valence-corrected chi connectivity index (χ2v) is 6.79. The van der Waals surface area contributed by atoms with Crippen molar-refractivity contribution in [3.63, 3.8) is 0 Å². The summed E-state index contributed by atoms with van der Waals surface area (Å²) in [7, 11) is 0. The first-order chi connectivity index (χ1) is 13.0. The number of hydrogen-bond acceptors (Lipinski definition) is 3. The second kappa shape index (κ2) is 6.52. The first-order valence-electron chi connectivity index (χ1n) is 8.41. The van der Waals surface area contributed by atoms with Gasteiger partial charge in [0.15, 0.2) is 0 Å². The maximum Gasteiger partial charge on any atom is 0.338 e. The molecule has 2 aromatic heterocycles. The summed E-state index contributed by atoms with van der Waals surface area (Å²) in [6.45, 7) is 3.76. The van der Waals surface area contributed by atoms with Crippen LogP contribution in [0.4, 0.5) is 0 Å². The highest BCUT2D eigenvalue weighted by Gasteiger charge is 2.24. The Morgan fingerprint density at radius 1 is 1.07 bits per heavy atom. The lowest BCUT2D eigenvalue weighted by Crippen LogP contribution is -2.12. The quantitative estimate of drug-likeness (QED) is 0.542. The third-order valence-corrected chi connectivity index (χ3v) is 4.64. The number of aromatic carboxylic acids is 1. The number of rotatable bonds is 3. The third kappa shape index (κ3) is 2.96. The number of carboxylic acid groups (broad SMARTS) is 1. The van der Waals surface area contributed by atoms with Gasteiger partial charge in [-0.1, -0.05) is 41.9 Å². The summed E-state index contributed by atoms with van der Waals surface area (Å²) in [5.41, 5.74) is 4.15. The van der Waals surface area contributed by atoms with Crippen LogP contribution in [-0.4, -0.2) is 25.8 Å². The minimum atomic E-state index is -1.05. The summed E-state index contributed by atoms with van der Waals surface area (Å²) < 4.78 is 1.65. The molecule has 0 fully saturated rings. The van der Waals surface area contributed by atoms with Gasteiger partial charge in [-0.2, -0.15) is 5.10 Å². The average molecular weight is 378 g/mol. The maximum absolute atomic E-state index is 12.3. The molecule has 0 aliphatic rings. The van der Waals surface area contributed by atoms with Gasteiger partial charge in [-0.25, -0.2) is 14.5 Å². The molecule has 0 amide bonds. The van der Waals surface area contributed by atoms with Crippen molar-refractivity contribution in [2.45, 2.75) is 13.8 Å². The number of aryl methyl sites for hydroxylation is 2. The summed E-state index contributed by atoms with van der Waals surface area (Å²) in [5.74, 6) is -1.05. The number of benzene rings is 2. The summed E-state index contributed by atoms with van der Waals surface area (Å²) >= 11 is 6.14. The molecule has 0 atom stereocenters. The Kier molecular flexibility index (Phi) is 4.16. The SMILES string of the molecule is Cc1cc(C)n(-c2c(-c3ccccc3)nc3ccc(Cl)cc3c2C(=O)O)n1. The van der Waals surface area contributed by atoms with Gasteiger partial charge in [0, 0.05) is 21.7 Å². The van der Waals surface area contributed by atoms with Crippen LogP contribution in [0, 0.1) is 13.8 Å². The zero-order chi connectivity index (χ0) is 19.1. The number of hydrogen-bond donors (Lipinski definition) is 1. The molecule has 4 aromatic rings. The molecule has 134 valence electrons. The predicted octanol–water partition coefficient (Wildman–Crippen LogP) is 5.06. The Labute approximate surface area is 160 Å². The van der Waals surface area contributed by atoms with E-state index in [4.69, 9.17) is 16.6 Å². The normalized spacial score (nSPS) is 11.1. The van der Waals surface area contributed by atoms with E-state index < -0.39 is 5.97 Å². The first kappa shape index (κ1) is 17.2. The van der Waals surface area contributed by atoms with Crippen molar-refractivity contribution in [2.75, 3.05) is 0 Å². The number of carboxylic acids is 1. The van der Waals surface area contributed by atoms with Crippen LogP contribution < -0.4 is 0 Å². The predicted molar refractivity (Wildman–Crippen MR) is 106 cm³/mol. The van der Waals surface area contributed by atoms with E-state index >= 15 is 0 Å². The van der Waals surface area contributed by atoms with Gasteiger partial charge in [-0.15, -0.1) is 0 Å². The number of halogens is 1. The van der Waals surface area contributed by atoms with E-state index in [0.717, 1.165) is 17.0 Å². The van der Waals surface area contributed by atoms with Crippen LogP contribution >= 0.6 is 11.6 Å². The van der Waals surface area contributed by atoms with Crippen molar-refractivity contribution in [3.8, 4) is 16.9 Å². The summed E-state index contributed by atoms with van der Waals surface area (Å²) in [6, 6.07) is 16.5. The lowest BCUT2D eigenvalue weighted by atomic mass is 10.0. The van der Waals surface area contributed by atoms with Crippen molar-refractivity contribution >= 4 is 28.5 Å². The minimum absolute atomic E-state index is 0.132. The number of carbonyl (C=O) groups is 1. The number of pyridine rings is 1. The highest BCUT2D eigenvalue weighted by atomic mass is 35.5. The lowest BCUT2D eigenvalue weighted by molar-refractivity contribution is 0.0699. The number of fused-ring (bicyclic) bond motifs is 1. The fourth-order valence-electron chi connectivity index (χ4n) is 3.30. The smallest absolute Gasteiger partial charge is 0.338 e. The highest BCUT2D eigenvalue weighted by Crippen LogP contribution is 2.34. The zero-order valence-electron chi connectivity index (χ0n) is 14.8. The maximum atomic E-state index is 12.3. The van der Waals surface area contributed by atoms with Crippen molar-refractivity contribution in [2.24, 2.45) is 0 Å². The monoisotopic (exact) mass is 377 g/mol. The van der Waals surface area contributed by atoms with Crippen LogP contribution in [0.2, 0.25) is 5.02 Å². The highest BCUT2D eigenvalue weighted by molar-refractivity contribution is 6.31. The number of nitrogens with zero attached hydrogens (tertiary/aromatic N) is 3. The van der Waals surface area contributed by atoms with Crippen molar-refractivity contribution in [1.82, 2.24) is 14.8 Å². The molecule has 0 aliphatic heterocycles. The molecular formula is C21H16ClN3O2. The van der Waals surface area contributed by atoms with Crippen LogP contribution in [0.25, 0.3) is 27.8 Å². The molecular weight excluding hydrogens is 362 g/mol. The molecule has 2 aromatic carbocycles. The zero-order valence-corrected chi connectivity index (χ0v) is 15.5. The average Bonchev–Trinajstić information content (AvgIpc) is 2.98. The van der Waals surface area contributed by atoms with E-state index in [0.29, 0.717) is 27.3 Å². The van der Waals surface area contributed by atoms with E-state index in [2.05, 4.69) is 5.10 Å². The van der Waals surface area contributed by atoms with Gasteiger partial charge in [-0.3, -0.25) is 0 Å². The van der Waals surface area contributed by atoms with E-state index in [1.54, 1.807) is 22.9 Å². The molecule has 5 nitrogen and oxygen atoms in total. The second-order valence-electron chi connectivity index (χ2n) is 6.36. The molecule has 2 heterocycles. The largest absolute Gasteiger partial charge is 0.478 e. The van der Waals surface area contributed by atoms with Crippen LogP contribution in [-0.2, 0) is 0 Å². The summed E-state index contributed by atoms with van der Waals surface area (Å²) in [6.07, 6.45) is 0. The fraction of sp³-hybridized carbons (Fsp3) is 0.0952. The molecule has 4 rings (SSSR count). The first-order valence-corrected chi connectivity index (χ1v) is 8.79. The Bertz CT molecular complexity index is 1180. The molecule has 0 bridgehead atoms. The molecule has 6 heteroatoms. The van der Waals surface area contributed by atoms with E-state index in [-0.39, 0.29) is 5.56 Å². The van der Waals surface area contributed by atoms with Crippen LogP contribution in [0.3, 0.4) is 0 Å². The van der Waals surface area contributed by atoms with Gasteiger partial charge in [0.1, 0.15) is 5.69 Å². The summed E-state index contributed by atoms with van der Waals surface area (Å²) in [4.78, 5) is 17.1. The van der Waals surface area contributed by atoms with E-state index in [1.807, 2.05) is 50.2 Å². The van der Waals surface area contributed by atoms with Crippen LogP contribution in [0.1, 0.15) is 21.7 Å².